The molecule has 1 saturated carbocycles. The van der Waals surface area contributed by atoms with Crippen LogP contribution in [-0.4, -0.2) is 50.2 Å². The average Bonchev–Trinajstić information content (AvgIpc) is 2.94. The Morgan fingerprint density at radius 3 is 2.60 bits per heavy atom. The summed E-state index contributed by atoms with van der Waals surface area (Å²) in [5.41, 5.74) is -0.561. The molecule has 0 spiro atoms. The van der Waals surface area contributed by atoms with Crippen molar-refractivity contribution in [3.8, 4) is 0 Å². The van der Waals surface area contributed by atoms with Crippen molar-refractivity contribution in [3.05, 3.63) is 0 Å². The molecule has 1 rings (SSSR count). The van der Waals surface area contributed by atoms with Gasteiger partial charge in [0.25, 0.3) is 0 Å². The van der Waals surface area contributed by atoms with Crippen LogP contribution in [0.25, 0.3) is 0 Å². The van der Waals surface area contributed by atoms with Crippen molar-refractivity contribution in [1.29, 1.82) is 0 Å². The minimum atomic E-state index is -0.561. The van der Waals surface area contributed by atoms with Gasteiger partial charge in [0.2, 0.25) is 0 Å². The van der Waals surface area contributed by atoms with Crippen molar-refractivity contribution in [3.63, 3.8) is 0 Å². The van der Waals surface area contributed by atoms with E-state index in [0.717, 1.165) is 38.4 Å². The third-order valence-corrected chi connectivity index (χ3v) is 4.44. The lowest BCUT2D eigenvalue weighted by molar-refractivity contribution is -0.148. The van der Waals surface area contributed by atoms with Gasteiger partial charge in [-0.3, -0.25) is 4.79 Å². The van der Waals surface area contributed by atoms with E-state index >= 15 is 0 Å². The third-order valence-electron chi connectivity index (χ3n) is 4.44. The molecule has 1 aliphatic carbocycles. The molecular formula is C16H32N2O2. The molecular weight excluding hydrogens is 252 g/mol. The molecule has 0 aliphatic heterocycles. The van der Waals surface area contributed by atoms with E-state index in [0.29, 0.717) is 0 Å². The van der Waals surface area contributed by atoms with Gasteiger partial charge in [-0.1, -0.05) is 19.8 Å². The number of esters is 1. The van der Waals surface area contributed by atoms with Gasteiger partial charge < -0.3 is 15.0 Å². The summed E-state index contributed by atoms with van der Waals surface area (Å²) in [6.07, 6.45) is 7.32. The third kappa shape index (κ3) is 5.41. The Labute approximate surface area is 124 Å². The molecule has 118 valence electrons. The van der Waals surface area contributed by atoms with E-state index in [2.05, 4.69) is 24.2 Å². The summed E-state index contributed by atoms with van der Waals surface area (Å²) < 4.78 is 4.96. The maximum absolute atomic E-state index is 12.0. The molecule has 0 aromatic rings. The molecule has 1 N–H and O–H groups in total. The van der Waals surface area contributed by atoms with Crippen LogP contribution in [0.5, 0.6) is 0 Å². The molecule has 0 amide bonds. The zero-order valence-electron chi connectivity index (χ0n) is 13.7. The van der Waals surface area contributed by atoms with Crippen LogP contribution in [0, 0.1) is 5.92 Å². The summed E-state index contributed by atoms with van der Waals surface area (Å²) in [6, 6.07) is 0. The van der Waals surface area contributed by atoms with Gasteiger partial charge in [-0.15, -0.1) is 0 Å². The Morgan fingerprint density at radius 1 is 1.40 bits per heavy atom. The Balaban J connectivity index is 2.41. The lowest BCUT2D eigenvalue weighted by Crippen LogP contribution is -2.52. The first-order valence-electron chi connectivity index (χ1n) is 8.04. The number of nitrogens with zero attached hydrogens (tertiary/aromatic N) is 1. The van der Waals surface area contributed by atoms with Gasteiger partial charge >= 0.3 is 5.97 Å². The normalized spacial score (nSPS) is 19.2. The molecule has 1 unspecified atom stereocenters. The number of methoxy groups -OCH3 is 1. The molecule has 4 nitrogen and oxygen atoms in total. The second-order valence-electron chi connectivity index (χ2n) is 6.41. The zero-order chi connectivity index (χ0) is 15.0. The van der Waals surface area contributed by atoms with Crippen molar-refractivity contribution in [2.24, 2.45) is 5.92 Å². The molecule has 20 heavy (non-hydrogen) atoms. The maximum Gasteiger partial charge on any atom is 0.325 e. The second kappa shape index (κ2) is 8.63. The summed E-state index contributed by atoms with van der Waals surface area (Å²) in [7, 11) is 3.63. The minimum Gasteiger partial charge on any atom is -0.468 e. The Hall–Kier alpha value is -0.610. The van der Waals surface area contributed by atoms with E-state index < -0.39 is 5.54 Å². The van der Waals surface area contributed by atoms with Crippen molar-refractivity contribution < 1.29 is 9.53 Å². The number of ether oxygens (including phenoxy) is 1. The van der Waals surface area contributed by atoms with Gasteiger partial charge in [-0.05, 0) is 52.1 Å². The molecule has 0 radical (unpaired) electrons. The molecule has 0 aromatic carbocycles. The van der Waals surface area contributed by atoms with Gasteiger partial charge in [0.05, 0.1) is 7.11 Å². The molecule has 1 fully saturated rings. The fourth-order valence-electron chi connectivity index (χ4n) is 3.03. The monoisotopic (exact) mass is 284 g/mol. The number of hydrogen-bond donors (Lipinski definition) is 1. The van der Waals surface area contributed by atoms with Gasteiger partial charge in [0.15, 0.2) is 0 Å². The van der Waals surface area contributed by atoms with Crippen LogP contribution in [0.2, 0.25) is 0 Å². The van der Waals surface area contributed by atoms with Gasteiger partial charge in [0, 0.05) is 13.1 Å². The smallest absolute Gasteiger partial charge is 0.325 e. The van der Waals surface area contributed by atoms with Crippen molar-refractivity contribution in [2.75, 3.05) is 33.8 Å². The molecule has 0 bridgehead atoms. The summed E-state index contributed by atoms with van der Waals surface area (Å²) in [5.74, 6) is 0.702. The van der Waals surface area contributed by atoms with Gasteiger partial charge in [-0.2, -0.15) is 0 Å². The highest BCUT2D eigenvalue weighted by Gasteiger charge is 2.33. The first kappa shape index (κ1) is 17.4. The SMILES string of the molecule is CCCNC(C)(CCN(C)CC1CCCC1)C(=O)OC. The van der Waals surface area contributed by atoms with E-state index in [1.54, 1.807) is 0 Å². The van der Waals surface area contributed by atoms with Crippen molar-refractivity contribution in [2.45, 2.75) is 57.9 Å². The highest BCUT2D eigenvalue weighted by atomic mass is 16.5. The van der Waals surface area contributed by atoms with Crippen LogP contribution in [0.1, 0.15) is 52.4 Å². The largest absolute Gasteiger partial charge is 0.468 e. The highest BCUT2D eigenvalue weighted by Crippen LogP contribution is 2.25. The predicted molar refractivity (Wildman–Crippen MR) is 82.8 cm³/mol. The quantitative estimate of drug-likeness (QED) is 0.660. The molecule has 1 aliphatic rings. The number of carbonyl (C=O) groups excluding carboxylic acids is 1. The fourth-order valence-corrected chi connectivity index (χ4v) is 3.03. The highest BCUT2D eigenvalue weighted by molar-refractivity contribution is 5.80. The van der Waals surface area contributed by atoms with E-state index in [1.807, 2.05) is 6.92 Å². The summed E-state index contributed by atoms with van der Waals surface area (Å²) >= 11 is 0. The lowest BCUT2D eigenvalue weighted by Gasteiger charge is -2.30. The van der Waals surface area contributed by atoms with Crippen LogP contribution in [0.15, 0.2) is 0 Å². The summed E-state index contributed by atoms with van der Waals surface area (Å²) in [5, 5.41) is 3.34. The van der Waals surface area contributed by atoms with Crippen LogP contribution < -0.4 is 5.32 Å². The fraction of sp³-hybridized carbons (Fsp3) is 0.938. The van der Waals surface area contributed by atoms with E-state index in [4.69, 9.17) is 4.74 Å². The summed E-state index contributed by atoms with van der Waals surface area (Å²) in [4.78, 5) is 14.4. The van der Waals surface area contributed by atoms with Crippen LogP contribution in [0.4, 0.5) is 0 Å². The lowest BCUT2D eigenvalue weighted by atomic mass is 9.97. The number of carbonyl (C=O) groups is 1. The zero-order valence-corrected chi connectivity index (χ0v) is 13.7. The number of rotatable bonds is 9. The Bertz CT molecular complexity index is 290. The van der Waals surface area contributed by atoms with Crippen LogP contribution in [-0.2, 0) is 9.53 Å². The van der Waals surface area contributed by atoms with Crippen molar-refractivity contribution in [1.82, 2.24) is 10.2 Å². The van der Waals surface area contributed by atoms with Crippen LogP contribution >= 0.6 is 0 Å². The maximum atomic E-state index is 12.0. The molecule has 0 heterocycles. The van der Waals surface area contributed by atoms with Crippen LogP contribution in [0.3, 0.4) is 0 Å². The second-order valence-corrected chi connectivity index (χ2v) is 6.41. The average molecular weight is 284 g/mol. The van der Waals surface area contributed by atoms with E-state index in [9.17, 15) is 4.79 Å². The molecule has 1 atom stereocenters. The first-order chi connectivity index (χ1) is 9.51. The van der Waals surface area contributed by atoms with Gasteiger partial charge in [-0.25, -0.2) is 0 Å². The van der Waals surface area contributed by atoms with Crippen molar-refractivity contribution >= 4 is 5.97 Å². The van der Waals surface area contributed by atoms with E-state index in [1.165, 1.54) is 32.8 Å². The van der Waals surface area contributed by atoms with E-state index in [-0.39, 0.29) is 5.97 Å². The Kier molecular flexibility index (Phi) is 7.52. The molecule has 4 heteroatoms. The minimum absolute atomic E-state index is 0.153. The van der Waals surface area contributed by atoms with Gasteiger partial charge in [0.1, 0.15) is 5.54 Å². The predicted octanol–water partition coefficient (Wildman–Crippen LogP) is 2.43. The first-order valence-corrected chi connectivity index (χ1v) is 8.04. The standard InChI is InChI=1S/C16H32N2O2/c1-5-11-17-16(2,15(19)20-4)10-12-18(3)13-14-8-6-7-9-14/h14,17H,5-13H2,1-4H3. The molecule has 0 saturated heterocycles. The summed E-state index contributed by atoms with van der Waals surface area (Å²) in [6.45, 7) is 7.00. The topological polar surface area (TPSA) is 41.6 Å². The molecule has 0 aromatic heterocycles. The number of hydrogen-bond acceptors (Lipinski definition) is 4. The Morgan fingerprint density at radius 2 is 2.05 bits per heavy atom. The number of nitrogens with one attached hydrogen (secondary N) is 1.